The third-order valence-electron chi connectivity index (χ3n) is 4.13. The van der Waals surface area contributed by atoms with Gasteiger partial charge in [0.1, 0.15) is 0 Å². The number of hydrogen-bond donors (Lipinski definition) is 1. The summed E-state index contributed by atoms with van der Waals surface area (Å²) in [5.74, 6) is 0.253. The molecule has 0 aromatic heterocycles. The van der Waals surface area contributed by atoms with Gasteiger partial charge in [0.2, 0.25) is 5.91 Å². The smallest absolute Gasteiger partial charge is 0.237 e. The molecule has 1 aliphatic heterocycles. The Balaban J connectivity index is 2.17. The van der Waals surface area contributed by atoms with Gasteiger partial charge in [-0.15, -0.1) is 0 Å². The summed E-state index contributed by atoms with van der Waals surface area (Å²) in [7, 11) is 0. The molecule has 1 saturated heterocycles. The van der Waals surface area contributed by atoms with Gasteiger partial charge in [-0.2, -0.15) is 0 Å². The quantitative estimate of drug-likeness (QED) is 0.651. The molecule has 0 radical (unpaired) electrons. The van der Waals surface area contributed by atoms with Crippen LogP contribution < -0.4 is 5.32 Å². The largest absolute Gasteiger partial charge is 0.325 e. The van der Waals surface area contributed by atoms with E-state index < -0.39 is 0 Å². The molecule has 3 nitrogen and oxygen atoms in total. The summed E-state index contributed by atoms with van der Waals surface area (Å²) >= 11 is 0. The van der Waals surface area contributed by atoms with E-state index in [-0.39, 0.29) is 16.7 Å². The minimum atomic E-state index is 0.253. The molecule has 1 heterocycles. The fraction of sp³-hybridized carbons (Fsp3) is 0.900. The van der Waals surface area contributed by atoms with Gasteiger partial charge in [0.05, 0.1) is 13.2 Å². The molecule has 0 unspecified atom stereocenters. The third kappa shape index (κ3) is 0.966. The highest BCUT2D eigenvalue weighted by Gasteiger charge is 2.68. The van der Waals surface area contributed by atoms with Gasteiger partial charge in [-0.25, -0.2) is 0 Å². The van der Waals surface area contributed by atoms with Gasteiger partial charge in [0.15, 0.2) is 0 Å². The normalized spacial score (nSPS) is 31.1. The summed E-state index contributed by atoms with van der Waals surface area (Å²) < 4.78 is 0. The molecular formula is C10H18N2O. The highest BCUT2D eigenvalue weighted by atomic mass is 16.2. The Labute approximate surface area is 79.5 Å². The number of nitrogens with one attached hydrogen (secondary N) is 1. The van der Waals surface area contributed by atoms with E-state index in [4.69, 9.17) is 0 Å². The number of hydrogen-bond acceptors (Lipinski definition) is 2. The van der Waals surface area contributed by atoms with Crippen LogP contribution in [0, 0.1) is 10.8 Å². The molecule has 74 valence electrons. The van der Waals surface area contributed by atoms with Crippen molar-refractivity contribution >= 4 is 5.91 Å². The highest BCUT2D eigenvalue weighted by molar-refractivity contribution is 5.81. The van der Waals surface area contributed by atoms with Crippen molar-refractivity contribution in [3.8, 4) is 0 Å². The molecule has 0 spiro atoms. The van der Waals surface area contributed by atoms with Gasteiger partial charge in [-0.05, 0) is 10.8 Å². The van der Waals surface area contributed by atoms with Gasteiger partial charge in [-0.1, -0.05) is 27.7 Å². The van der Waals surface area contributed by atoms with Gasteiger partial charge in [0.25, 0.3) is 0 Å². The Bertz CT molecular complexity index is 244. The van der Waals surface area contributed by atoms with Crippen LogP contribution in [0.1, 0.15) is 27.7 Å². The van der Waals surface area contributed by atoms with E-state index in [2.05, 4.69) is 33.0 Å². The maximum atomic E-state index is 11.5. The van der Waals surface area contributed by atoms with Crippen LogP contribution in [-0.2, 0) is 4.79 Å². The molecule has 1 aliphatic carbocycles. The lowest BCUT2D eigenvalue weighted by atomic mass is 10.0. The maximum absolute atomic E-state index is 11.5. The zero-order chi connectivity index (χ0) is 9.85. The van der Waals surface area contributed by atoms with Gasteiger partial charge in [0, 0.05) is 6.04 Å². The fourth-order valence-electron chi connectivity index (χ4n) is 2.65. The molecule has 2 fully saturated rings. The van der Waals surface area contributed by atoms with E-state index in [0.717, 1.165) is 6.67 Å². The third-order valence-corrected chi connectivity index (χ3v) is 4.13. The summed E-state index contributed by atoms with van der Waals surface area (Å²) in [5.41, 5.74) is 0.545. The maximum Gasteiger partial charge on any atom is 0.237 e. The number of carbonyl (C=O) groups excluding carboxylic acids is 1. The van der Waals surface area contributed by atoms with Gasteiger partial charge in [-0.3, -0.25) is 10.1 Å². The Kier molecular flexibility index (Phi) is 1.57. The Hall–Kier alpha value is -0.570. The van der Waals surface area contributed by atoms with Crippen LogP contribution in [0.2, 0.25) is 0 Å². The SMILES string of the molecule is CC1(C)C(N2CNCC2=O)C1(C)C. The van der Waals surface area contributed by atoms with Crippen LogP contribution in [0.3, 0.4) is 0 Å². The summed E-state index contributed by atoms with van der Waals surface area (Å²) in [6, 6.07) is 0.419. The monoisotopic (exact) mass is 182 g/mol. The van der Waals surface area contributed by atoms with Crippen LogP contribution in [0.4, 0.5) is 0 Å². The first kappa shape index (κ1) is 9.00. The second-order valence-electron chi connectivity index (χ2n) is 5.29. The van der Waals surface area contributed by atoms with Gasteiger partial charge >= 0.3 is 0 Å². The minimum absolute atomic E-state index is 0.253. The standard InChI is InChI=1S/C10H18N2O/c1-9(2)8(10(9,3)4)12-6-11-5-7(12)13/h8,11H,5-6H2,1-4H3. The van der Waals surface area contributed by atoms with Gasteiger partial charge < -0.3 is 4.90 Å². The molecule has 13 heavy (non-hydrogen) atoms. The topological polar surface area (TPSA) is 32.3 Å². The minimum Gasteiger partial charge on any atom is -0.325 e. The molecule has 2 aliphatic rings. The first-order valence-electron chi connectivity index (χ1n) is 4.89. The summed E-state index contributed by atoms with van der Waals surface area (Å²) in [4.78, 5) is 13.5. The molecule has 3 heteroatoms. The predicted molar refractivity (Wildman–Crippen MR) is 51.1 cm³/mol. The zero-order valence-corrected chi connectivity index (χ0v) is 8.85. The lowest BCUT2D eigenvalue weighted by Crippen LogP contribution is -2.32. The van der Waals surface area contributed by atoms with E-state index in [1.165, 1.54) is 0 Å². The molecule has 0 aromatic carbocycles. The highest BCUT2D eigenvalue weighted by Crippen LogP contribution is 2.65. The van der Waals surface area contributed by atoms with Crippen LogP contribution >= 0.6 is 0 Å². The Morgan fingerprint density at radius 2 is 1.85 bits per heavy atom. The molecule has 0 bridgehead atoms. The second-order valence-corrected chi connectivity index (χ2v) is 5.29. The van der Waals surface area contributed by atoms with Crippen molar-refractivity contribution in [2.75, 3.05) is 13.2 Å². The summed E-state index contributed by atoms with van der Waals surface area (Å²) in [5, 5.41) is 3.10. The van der Waals surface area contributed by atoms with Crippen molar-refractivity contribution < 1.29 is 4.79 Å². The Morgan fingerprint density at radius 1 is 1.31 bits per heavy atom. The number of amides is 1. The molecular weight excluding hydrogens is 164 g/mol. The van der Waals surface area contributed by atoms with E-state index in [0.29, 0.717) is 12.6 Å². The average Bonchev–Trinajstić information content (AvgIpc) is 2.33. The van der Waals surface area contributed by atoms with Crippen molar-refractivity contribution in [2.24, 2.45) is 10.8 Å². The molecule has 0 aromatic rings. The molecule has 1 N–H and O–H groups in total. The van der Waals surface area contributed by atoms with Crippen LogP contribution in [0.25, 0.3) is 0 Å². The van der Waals surface area contributed by atoms with Crippen LogP contribution in [-0.4, -0.2) is 30.1 Å². The second kappa shape index (κ2) is 2.27. The van der Waals surface area contributed by atoms with E-state index in [1.54, 1.807) is 0 Å². The summed E-state index contributed by atoms with van der Waals surface area (Å²) in [6.45, 7) is 10.2. The van der Waals surface area contributed by atoms with Crippen LogP contribution in [0.15, 0.2) is 0 Å². The molecule has 1 amide bonds. The number of rotatable bonds is 1. The van der Waals surface area contributed by atoms with E-state index >= 15 is 0 Å². The predicted octanol–water partition coefficient (Wildman–Crippen LogP) is 0.810. The first-order chi connectivity index (χ1) is 5.89. The van der Waals surface area contributed by atoms with Crippen LogP contribution in [0.5, 0.6) is 0 Å². The fourth-order valence-corrected chi connectivity index (χ4v) is 2.65. The van der Waals surface area contributed by atoms with Crippen molar-refractivity contribution in [3.05, 3.63) is 0 Å². The van der Waals surface area contributed by atoms with E-state index in [9.17, 15) is 4.79 Å². The van der Waals surface area contributed by atoms with Crippen molar-refractivity contribution in [1.29, 1.82) is 0 Å². The van der Waals surface area contributed by atoms with E-state index in [1.807, 2.05) is 4.90 Å². The zero-order valence-electron chi connectivity index (χ0n) is 8.85. The lowest BCUT2D eigenvalue weighted by Gasteiger charge is -2.17. The average molecular weight is 182 g/mol. The lowest BCUT2D eigenvalue weighted by molar-refractivity contribution is -0.127. The molecule has 2 rings (SSSR count). The van der Waals surface area contributed by atoms with Crippen molar-refractivity contribution in [3.63, 3.8) is 0 Å². The van der Waals surface area contributed by atoms with Crippen molar-refractivity contribution in [2.45, 2.75) is 33.7 Å². The molecule has 0 atom stereocenters. The first-order valence-corrected chi connectivity index (χ1v) is 4.89. The summed E-state index contributed by atoms with van der Waals surface area (Å²) in [6.07, 6.45) is 0. The number of nitrogens with zero attached hydrogens (tertiary/aromatic N) is 1. The molecule has 1 saturated carbocycles. The number of carbonyl (C=O) groups is 1. The van der Waals surface area contributed by atoms with Crippen molar-refractivity contribution in [1.82, 2.24) is 10.2 Å². The Morgan fingerprint density at radius 3 is 2.15 bits per heavy atom.